The van der Waals surface area contributed by atoms with Gasteiger partial charge >= 0.3 is 0 Å². The Morgan fingerprint density at radius 2 is 2.06 bits per heavy atom. The van der Waals surface area contributed by atoms with Crippen LogP contribution in [0.3, 0.4) is 0 Å². The molecule has 3 nitrogen and oxygen atoms in total. The van der Waals surface area contributed by atoms with Gasteiger partial charge in [0.1, 0.15) is 0 Å². The van der Waals surface area contributed by atoms with E-state index < -0.39 is 0 Å². The molecule has 2 N–H and O–H groups in total. The minimum absolute atomic E-state index is 0.341. The SMILES string of the molecule is CC1CCC(NC(=O)C2CC3CCC2C3)CN1. The number of hydrogen-bond donors (Lipinski definition) is 2. The molecule has 0 spiro atoms. The molecule has 3 fully saturated rings. The second-order valence-electron chi connectivity index (χ2n) is 6.37. The summed E-state index contributed by atoms with van der Waals surface area (Å²) in [6.07, 6.45) is 7.47. The molecule has 3 rings (SSSR count). The fraction of sp³-hybridized carbons (Fsp3) is 0.929. The molecule has 1 amide bonds. The Hall–Kier alpha value is -0.570. The van der Waals surface area contributed by atoms with Gasteiger partial charge in [-0.3, -0.25) is 4.79 Å². The molecule has 5 unspecified atom stereocenters. The number of carbonyl (C=O) groups excluding carboxylic acids is 1. The molecule has 0 radical (unpaired) electrons. The van der Waals surface area contributed by atoms with Crippen LogP contribution in [0.2, 0.25) is 0 Å². The minimum Gasteiger partial charge on any atom is -0.352 e. The number of fused-ring (bicyclic) bond motifs is 2. The van der Waals surface area contributed by atoms with E-state index in [-0.39, 0.29) is 0 Å². The van der Waals surface area contributed by atoms with Crippen molar-refractivity contribution in [2.45, 2.75) is 57.5 Å². The molecule has 17 heavy (non-hydrogen) atoms. The van der Waals surface area contributed by atoms with Crippen LogP contribution in [0.1, 0.15) is 45.4 Å². The summed E-state index contributed by atoms with van der Waals surface area (Å²) in [7, 11) is 0. The van der Waals surface area contributed by atoms with Gasteiger partial charge in [0.25, 0.3) is 0 Å². The van der Waals surface area contributed by atoms with E-state index >= 15 is 0 Å². The normalized spacial score (nSPS) is 44.9. The number of nitrogens with one attached hydrogen (secondary N) is 2. The zero-order valence-corrected chi connectivity index (χ0v) is 10.7. The zero-order chi connectivity index (χ0) is 11.8. The van der Waals surface area contributed by atoms with Crippen LogP contribution in [-0.4, -0.2) is 24.5 Å². The standard InChI is InChI=1S/C14H24N2O/c1-9-2-5-12(8-15-9)16-14(17)13-7-10-3-4-11(13)6-10/h9-13,15H,2-8H2,1H3,(H,16,17). The predicted molar refractivity (Wildman–Crippen MR) is 67.6 cm³/mol. The number of piperidine rings is 1. The molecule has 2 aliphatic carbocycles. The maximum atomic E-state index is 12.2. The lowest BCUT2D eigenvalue weighted by atomic mass is 9.87. The number of hydrogen-bond acceptors (Lipinski definition) is 2. The highest BCUT2D eigenvalue weighted by Crippen LogP contribution is 2.48. The second kappa shape index (κ2) is 4.60. The van der Waals surface area contributed by atoms with E-state index in [0.29, 0.717) is 29.8 Å². The van der Waals surface area contributed by atoms with E-state index in [4.69, 9.17) is 0 Å². The van der Waals surface area contributed by atoms with E-state index in [1.54, 1.807) is 0 Å². The van der Waals surface area contributed by atoms with Crippen molar-refractivity contribution in [3.05, 3.63) is 0 Å². The smallest absolute Gasteiger partial charge is 0.223 e. The van der Waals surface area contributed by atoms with Crippen LogP contribution < -0.4 is 10.6 Å². The summed E-state index contributed by atoms with van der Waals surface area (Å²) in [4.78, 5) is 12.2. The molecule has 0 aromatic heterocycles. The predicted octanol–water partition coefficient (Wildman–Crippen LogP) is 1.68. The number of amides is 1. The third kappa shape index (κ3) is 2.35. The van der Waals surface area contributed by atoms with Gasteiger partial charge in [-0.05, 0) is 50.9 Å². The van der Waals surface area contributed by atoms with Crippen molar-refractivity contribution in [3.63, 3.8) is 0 Å². The van der Waals surface area contributed by atoms with Gasteiger partial charge in [-0.1, -0.05) is 6.42 Å². The molecule has 0 aromatic carbocycles. The molecular weight excluding hydrogens is 212 g/mol. The van der Waals surface area contributed by atoms with Crippen molar-refractivity contribution in [3.8, 4) is 0 Å². The lowest BCUT2D eigenvalue weighted by Gasteiger charge is -2.30. The van der Waals surface area contributed by atoms with E-state index in [1.165, 1.54) is 25.7 Å². The van der Waals surface area contributed by atoms with Crippen molar-refractivity contribution in [1.82, 2.24) is 10.6 Å². The van der Waals surface area contributed by atoms with Gasteiger partial charge in [-0.15, -0.1) is 0 Å². The molecule has 0 aromatic rings. The third-order valence-corrected chi connectivity index (χ3v) is 5.08. The summed E-state index contributed by atoms with van der Waals surface area (Å²) >= 11 is 0. The summed E-state index contributed by atoms with van der Waals surface area (Å²) < 4.78 is 0. The van der Waals surface area contributed by atoms with Crippen molar-refractivity contribution in [2.24, 2.45) is 17.8 Å². The zero-order valence-electron chi connectivity index (χ0n) is 10.7. The summed E-state index contributed by atoms with van der Waals surface area (Å²) in [6, 6.07) is 0.989. The van der Waals surface area contributed by atoms with Crippen LogP contribution in [0.5, 0.6) is 0 Å². The maximum absolute atomic E-state index is 12.2. The van der Waals surface area contributed by atoms with Gasteiger partial charge in [0.15, 0.2) is 0 Å². The first-order valence-electron chi connectivity index (χ1n) is 7.26. The van der Waals surface area contributed by atoms with Crippen molar-refractivity contribution in [1.29, 1.82) is 0 Å². The Balaban J connectivity index is 1.50. The topological polar surface area (TPSA) is 41.1 Å². The molecule has 1 saturated heterocycles. The highest BCUT2D eigenvalue weighted by Gasteiger charge is 2.43. The summed E-state index contributed by atoms with van der Waals surface area (Å²) in [5.41, 5.74) is 0. The number of carbonyl (C=O) groups is 1. The largest absolute Gasteiger partial charge is 0.352 e. The van der Waals surface area contributed by atoms with Gasteiger partial charge in [0.05, 0.1) is 0 Å². The van der Waals surface area contributed by atoms with Crippen molar-refractivity contribution in [2.75, 3.05) is 6.54 Å². The average molecular weight is 236 g/mol. The van der Waals surface area contributed by atoms with Gasteiger partial charge in [0, 0.05) is 24.5 Å². The summed E-state index contributed by atoms with van der Waals surface area (Å²) in [6.45, 7) is 3.17. The summed E-state index contributed by atoms with van der Waals surface area (Å²) in [5, 5.41) is 6.71. The highest BCUT2D eigenvalue weighted by atomic mass is 16.2. The molecule has 3 aliphatic rings. The quantitative estimate of drug-likeness (QED) is 0.766. The Labute approximate surface area is 104 Å². The Kier molecular flexibility index (Phi) is 3.12. The molecule has 3 heteroatoms. The van der Waals surface area contributed by atoms with Gasteiger partial charge < -0.3 is 10.6 Å². The molecule has 5 atom stereocenters. The molecule has 2 bridgehead atoms. The Morgan fingerprint density at radius 1 is 1.18 bits per heavy atom. The maximum Gasteiger partial charge on any atom is 0.223 e. The molecular formula is C14H24N2O. The van der Waals surface area contributed by atoms with Crippen LogP contribution in [0.25, 0.3) is 0 Å². The lowest BCUT2D eigenvalue weighted by Crippen LogP contribution is -2.50. The van der Waals surface area contributed by atoms with E-state index in [9.17, 15) is 4.79 Å². The fourth-order valence-electron chi connectivity index (χ4n) is 4.00. The fourth-order valence-corrected chi connectivity index (χ4v) is 4.00. The molecule has 2 saturated carbocycles. The first kappa shape index (κ1) is 11.5. The second-order valence-corrected chi connectivity index (χ2v) is 6.37. The van der Waals surface area contributed by atoms with Crippen molar-refractivity contribution >= 4 is 5.91 Å². The first-order chi connectivity index (χ1) is 8.22. The Morgan fingerprint density at radius 3 is 2.65 bits per heavy atom. The Bertz CT molecular complexity index is 297. The highest BCUT2D eigenvalue weighted by molar-refractivity contribution is 5.79. The molecule has 1 heterocycles. The monoisotopic (exact) mass is 236 g/mol. The summed E-state index contributed by atoms with van der Waals surface area (Å²) in [5.74, 6) is 2.25. The van der Waals surface area contributed by atoms with Crippen LogP contribution in [0, 0.1) is 17.8 Å². The average Bonchev–Trinajstić information content (AvgIpc) is 2.94. The van der Waals surface area contributed by atoms with Crippen LogP contribution in [0.15, 0.2) is 0 Å². The van der Waals surface area contributed by atoms with Crippen LogP contribution in [-0.2, 0) is 4.79 Å². The van der Waals surface area contributed by atoms with Gasteiger partial charge in [-0.25, -0.2) is 0 Å². The minimum atomic E-state index is 0.341. The molecule has 1 aliphatic heterocycles. The number of rotatable bonds is 2. The van der Waals surface area contributed by atoms with Crippen LogP contribution >= 0.6 is 0 Å². The van der Waals surface area contributed by atoms with E-state index in [0.717, 1.165) is 25.3 Å². The van der Waals surface area contributed by atoms with Crippen molar-refractivity contribution < 1.29 is 4.79 Å². The van der Waals surface area contributed by atoms with Gasteiger partial charge in [0.2, 0.25) is 5.91 Å². The van der Waals surface area contributed by atoms with E-state index in [1.807, 2.05) is 0 Å². The van der Waals surface area contributed by atoms with Crippen LogP contribution in [0.4, 0.5) is 0 Å². The van der Waals surface area contributed by atoms with Gasteiger partial charge in [-0.2, -0.15) is 0 Å². The first-order valence-corrected chi connectivity index (χ1v) is 7.26. The lowest BCUT2D eigenvalue weighted by molar-refractivity contribution is -0.127. The van der Waals surface area contributed by atoms with E-state index in [2.05, 4.69) is 17.6 Å². The molecule has 96 valence electrons. The third-order valence-electron chi connectivity index (χ3n) is 5.08.